The van der Waals surface area contributed by atoms with E-state index in [1.807, 2.05) is 14.1 Å². The molecule has 0 aliphatic rings. The van der Waals surface area contributed by atoms with E-state index in [1.165, 1.54) is 14.2 Å². The fourth-order valence-electron chi connectivity index (χ4n) is 1.71. The molecule has 0 bridgehead atoms. The summed E-state index contributed by atoms with van der Waals surface area (Å²) in [4.78, 5) is 25.7. The zero-order valence-electron chi connectivity index (χ0n) is 12.7. The van der Waals surface area contributed by atoms with Gasteiger partial charge in [-0.1, -0.05) is 0 Å². The second-order valence-electron chi connectivity index (χ2n) is 4.62. The maximum atomic E-state index is 11.8. The zero-order valence-corrected chi connectivity index (χ0v) is 13.5. The topological polar surface area (TPSA) is 93.9 Å². The van der Waals surface area contributed by atoms with Crippen molar-refractivity contribution in [3.8, 4) is 0 Å². The number of methoxy groups -OCH3 is 2. The van der Waals surface area contributed by atoms with E-state index < -0.39 is 11.9 Å². The molecule has 0 saturated heterocycles. The van der Waals surface area contributed by atoms with Crippen molar-refractivity contribution in [2.75, 3.05) is 52.5 Å². The SMILES string of the molecule is COC(=O)c1sc(NCCCN(C)C)c(C(=O)OC)c1N. The van der Waals surface area contributed by atoms with E-state index in [0.29, 0.717) is 11.5 Å². The summed E-state index contributed by atoms with van der Waals surface area (Å²) in [5, 5.41) is 3.65. The fourth-order valence-corrected chi connectivity index (χ4v) is 2.77. The monoisotopic (exact) mass is 315 g/mol. The first-order valence-electron chi connectivity index (χ1n) is 6.39. The van der Waals surface area contributed by atoms with Gasteiger partial charge in [0.25, 0.3) is 0 Å². The molecule has 8 heteroatoms. The lowest BCUT2D eigenvalue weighted by Crippen LogP contribution is -2.17. The number of rotatable bonds is 7. The average Bonchev–Trinajstić information content (AvgIpc) is 2.78. The second kappa shape index (κ2) is 7.84. The van der Waals surface area contributed by atoms with Crippen LogP contribution in [0, 0.1) is 0 Å². The molecule has 7 nitrogen and oxygen atoms in total. The number of thiophene rings is 1. The summed E-state index contributed by atoms with van der Waals surface area (Å²) >= 11 is 1.10. The number of anilines is 2. The van der Waals surface area contributed by atoms with Crippen LogP contribution in [0.3, 0.4) is 0 Å². The molecule has 1 aromatic heterocycles. The van der Waals surface area contributed by atoms with Crippen LogP contribution in [0.15, 0.2) is 0 Å². The predicted molar refractivity (Wildman–Crippen MR) is 83.1 cm³/mol. The lowest BCUT2D eigenvalue weighted by Gasteiger charge is -2.10. The molecular formula is C13H21N3O4S. The Morgan fingerprint density at radius 1 is 1.24 bits per heavy atom. The lowest BCUT2D eigenvalue weighted by atomic mass is 10.2. The largest absolute Gasteiger partial charge is 0.465 e. The van der Waals surface area contributed by atoms with Gasteiger partial charge in [0, 0.05) is 6.54 Å². The molecule has 118 valence electrons. The van der Waals surface area contributed by atoms with Gasteiger partial charge in [-0.2, -0.15) is 0 Å². The third-order valence-electron chi connectivity index (χ3n) is 2.77. The highest BCUT2D eigenvalue weighted by Crippen LogP contribution is 2.36. The molecule has 0 aliphatic heterocycles. The van der Waals surface area contributed by atoms with Gasteiger partial charge >= 0.3 is 11.9 Å². The first-order valence-corrected chi connectivity index (χ1v) is 7.21. The van der Waals surface area contributed by atoms with Crippen LogP contribution in [0.25, 0.3) is 0 Å². The highest BCUT2D eigenvalue weighted by atomic mass is 32.1. The molecule has 0 unspecified atom stereocenters. The Bertz CT molecular complexity index is 514. The van der Waals surface area contributed by atoms with Gasteiger partial charge in [-0.05, 0) is 27.1 Å². The van der Waals surface area contributed by atoms with Crippen molar-refractivity contribution in [3.63, 3.8) is 0 Å². The number of hydrogen-bond acceptors (Lipinski definition) is 8. The van der Waals surface area contributed by atoms with Gasteiger partial charge in [0.2, 0.25) is 0 Å². The Morgan fingerprint density at radius 3 is 2.38 bits per heavy atom. The summed E-state index contributed by atoms with van der Waals surface area (Å²) in [6, 6.07) is 0. The van der Waals surface area contributed by atoms with Crippen molar-refractivity contribution >= 4 is 34.0 Å². The van der Waals surface area contributed by atoms with Crippen LogP contribution in [0.4, 0.5) is 10.7 Å². The summed E-state index contributed by atoms with van der Waals surface area (Å²) in [7, 11) is 6.51. The average molecular weight is 315 g/mol. The first-order chi connectivity index (χ1) is 9.92. The van der Waals surface area contributed by atoms with Crippen molar-refractivity contribution in [3.05, 3.63) is 10.4 Å². The number of carbonyl (C=O) groups excluding carboxylic acids is 2. The van der Waals surface area contributed by atoms with Crippen molar-refractivity contribution in [1.29, 1.82) is 0 Å². The van der Waals surface area contributed by atoms with Crippen LogP contribution < -0.4 is 11.1 Å². The summed E-state index contributed by atoms with van der Waals surface area (Å²) in [6.07, 6.45) is 0.888. The number of nitrogens with one attached hydrogen (secondary N) is 1. The summed E-state index contributed by atoms with van der Waals surface area (Å²) in [5.74, 6) is -1.14. The predicted octanol–water partition coefficient (Wildman–Crippen LogP) is 1.27. The Morgan fingerprint density at radius 2 is 1.86 bits per heavy atom. The van der Waals surface area contributed by atoms with E-state index in [9.17, 15) is 9.59 Å². The van der Waals surface area contributed by atoms with Crippen LogP contribution in [0.1, 0.15) is 26.5 Å². The molecule has 1 aromatic rings. The standard InChI is InChI=1S/C13H21N3O4S/c1-16(2)7-5-6-15-11-8(12(17)19-3)9(14)10(21-11)13(18)20-4/h15H,5-7,14H2,1-4H3. The van der Waals surface area contributed by atoms with E-state index in [4.69, 9.17) is 10.5 Å². The molecule has 1 heterocycles. The zero-order chi connectivity index (χ0) is 16.0. The van der Waals surface area contributed by atoms with E-state index in [0.717, 1.165) is 24.3 Å². The molecule has 0 spiro atoms. The number of carbonyl (C=O) groups is 2. The normalized spacial score (nSPS) is 10.5. The summed E-state index contributed by atoms with van der Waals surface area (Å²) in [5.41, 5.74) is 6.15. The molecule has 0 aromatic carbocycles. The van der Waals surface area contributed by atoms with E-state index in [2.05, 4.69) is 15.0 Å². The summed E-state index contributed by atoms with van der Waals surface area (Å²) < 4.78 is 9.38. The molecule has 0 radical (unpaired) electrons. The molecule has 1 rings (SSSR count). The number of nitrogens with zero attached hydrogens (tertiary/aromatic N) is 1. The number of hydrogen-bond donors (Lipinski definition) is 2. The van der Waals surface area contributed by atoms with E-state index >= 15 is 0 Å². The molecule has 3 N–H and O–H groups in total. The maximum Gasteiger partial charge on any atom is 0.350 e. The quantitative estimate of drug-likeness (QED) is 0.578. The molecular weight excluding hydrogens is 294 g/mol. The Balaban J connectivity index is 2.95. The molecule has 0 atom stereocenters. The molecule has 0 saturated carbocycles. The number of nitrogens with two attached hydrogens (primary N) is 1. The van der Waals surface area contributed by atoms with Gasteiger partial charge in [-0.25, -0.2) is 9.59 Å². The second-order valence-corrected chi connectivity index (χ2v) is 5.64. The highest BCUT2D eigenvalue weighted by molar-refractivity contribution is 7.19. The van der Waals surface area contributed by atoms with Crippen LogP contribution in [-0.4, -0.2) is 58.2 Å². The van der Waals surface area contributed by atoms with Crippen molar-refractivity contribution in [1.82, 2.24) is 4.90 Å². The highest BCUT2D eigenvalue weighted by Gasteiger charge is 2.26. The number of esters is 2. The number of ether oxygens (including phenoxy) is 2. The van der Waals surface area contributed by atoms with Gasteiger partial charge in [-0.3, -0.25) is 0 Å². The lowest BCUT2D eigenvalue weighted by molar-refractivity contribution is 0.0602. The van der Waals surface area contributed by atoms with Crippen LogP contribution in [-0.2, 0) is 9.47 Å². The van der Waals surface area contributed by atoms with Gasteiger partial charge in [-0.15, -0.1) is 11.3 Å². The van der Waals surface area contributed by atoms with Crippen LogP contribution in [0.2, 0.25) is 0 Å². The third kappa shape index (κ3) is 4.33. The van der Waals surface area contributed by atoms with E-state index in [-0.39, 0.29) is 16.1 Å². The minimum absolute atomic E-state index is 0.0915. The minimum atomic E-state index is -0.575. The van der Waals surface area contributed by atoms with Gasteiger partial charge in [0.1, 0.15) is 15.4 Å². The third-order valence-corrected chi connectivity index (χ3v) is 3.92. The molecule has 0 amide bonds. The van der Waals surface area contributed by atoms with Gasteiger partial charge in [0.15, 0.2) is 0 Å². The smallest absolute Gasteiger partial charge is 0.350 e. The van der Waals surface area contributed by atoms with Crippen molar-refractivity contribution < 1.29 is 19.1 Å². The first kappa shape index (κ1) is 17.3. The molecule has 0 aliphatic carbocycles. The Labute approximate surface area is 128 Å². The Kier molecular flexibility index (Phi) is 6.44. The van der Waals surface area contributed by atoms with Crippen molar-refractivity contribution in [2.24, 2.45) is 0 Å². The van der Waals surface area contributed by atoms with Crippen molar-refractivity contribution in [2.45, 2.75) is 6.42 Å². The van der Waals surface area contributed by atoms with Gasteiger partial charge in [0.05, 0.1) is 19.9 Å². The van der Waals surface area contributed by atoms with Crippen LogP contribution in [0.5, 0.6) is 0 Å². The molecule has 21 heavy (non-hydrogen) atoms. The van der Waals surface area contributed by atoms with Gasteiger partial charge < -0.3 is 25.4 Å². The Hall–Kier alpha value is -1.80. The number of nitrogen functional groups attached to an aromatic ring is 1. The fraction of sp³-hybridized carbons (Fsp3) is 0.538. The van der Waals surface area contributed by atoms with Crippen LogP contribution >= 0.6 is 11.3 Å². The van der Waals surface area contributed by atoms with E-state index in [1.54, 1.807) is 0 Å². The minimum Gasteiger partial charge on any atom is -0.465 e. The molecule has 0 fully saturated rings. The summed E-state index contributed by atoms with van der Waals surface area (Å²) in [6.45, 7) is 1.56. The maximum absolute atomic E-state index is 11.8.